The molecule has 1 aromatic rings. The number of hydrogen-bond donors (Lipinski definition) is 2. The number of urea groups is 1. The lowest BCUT2D eigenvalue weighted by atomic mass is 9.96. The van der Waals surface area contributed by atoms with Crippen molar-refractivity contribution in [2.75, 3.05) is 44.7 Å². The lowest BCUT2D eigenvalue weighted by Crippen LogP contribution is -2.41. The Bertz CT molecular complexity index is 491. The van der Waals surface area contributed by atoms with Crippen LogP contribution in [0.3, 0.4) is 0 Å². The van der Waals surface area contributed by atoms with Crippen LogP contribution in [0.25, 0.3) is 0 Å². The number of anilines is 1. The van der Waals surface area contributed by atoms with E-state index in [1.165, 1.54) is 11.3 Å². The fraction of sp³-hybridized carbons (Fsp3) is 0.533. The molecule has 20 heavy (non-hydrogen) atoms. The fourth-order valence-electron chi connectivity index (χ4n) is 3.13. The molecule has 5 nitrogen and oxygen atoms in total. The Hall–Kier alpha value is -1.75. The van der Waals surface area contributed by atoms with E-state index in [9.17, 15) is 4.79 Å². The zero-order chi connectivity index (χ0) is 13.9. The van der Waals surface area contributed by atoms with Gasteiger partial charge in [-0.25, -0.2) is 4.79 Å². The maximum atomic E-state index is 11.6. The summed E-state index contributed by atoms with van der Waals surface area (Å²) in [7, 11) is 2.02. The third kappa shape index (κ3) is 2.45. The Morgan fingerprint density at radius 3 is 2.80 bits per heavy atom. The van der Waals surface area contributed by atoms with Gasteiger partial charge in [-0.15, -0.1) is 0 Å². The number of hydrogen-bond acceptors (Lipinski definition) is 3. The van der Waals surface area contributed by atoms with Crippen molar-refractivity contribution in [1.82, 2.24) is 15.5 Å². The third-order valence-electron chi connectivity index (χ3n) is 4.27. The van der Waals surface area contributed by atoms with Crippen molar-refractivity contribution in [3.63, 3.8) is 0 Å². The molecule has 0 aromatic heterocycles. The molecular formula is C15H22N4O. The number of fused-ring (bicyclic) bond motifs is 1. The molecule has 0 spiro atoms. The molecule has 1 unspecified atom stereocenters. The summed E-state index contributed by atoms with van der Waals surface area (Å²) in [5.74, 6) is 0. The first-order valence-electron chi connectivity index (χ1n) is 7.33. The summed E-state index contributed by atoms with van der Waals surface area (Å²) in [6, 6.07) is 9.09. The van der Waals surface area contributed by atoms with E-state index in [1.807, 2.05) is 11.9 Å². The van der Waals surface area contributed by atoms with Crippen molar-refractivity contribution < 1.29 is 4.79 Å². The molecule has 108 valence electrons. The minimum Gasteiger partial charge on any atom is -0.369 e. The molecule has 1 atom stereocenters. The number of benzene rings is 1. The highest BCUT2D eigenvalue weighted by molar-refractivity contribution is 5.76. The van der Waals surface area contributed by atoms with Crippen LogP contribution >= 0.6 is 0 Å². The molecule has 5 heteroatoms. The molecule has 1 saturated heterocycles. The molecule has 0 saturated carbocycles. The number of carbonyl (C=O) groups is 1. The monoisotopic (exact) mass is 274 g/mol. The van der Waals surface area contributed by atoms with Crippen molar-refractivity contribution in [3.8, 4) is 0 Å². The Morgan fingerprint density at radius 2 is 2.05 bits per heavy atom. The summed E-state index contributed by atoms with van der Waals surface area (Å²) in [5, 5.41) is 6.23. The van der Waals surface area contributed by atoms with E-state index in [-0.39, 0.29) is 6.03 Å². The van der Waals surface area contributed by atoms with Gasteiger partial charge in [0, 0.05) is 44.5 Å². The predicted molar refractivity (Wildman–Crippen MR) is 80.0 cm³/mol. The van der Waals surface area contributed by atoms with Crippen molar-refractivity contribution in [2.24, 2.45) is 0 Å². The van der Waals surface area contributed by atoms with E-state index >= 15 is 0 Å². The molecule has 1 fully saturated rings. The smallest absolute Gasteiger partial charge is 0.317 e. The molecule has 1 aromatic carbocycles. The quantitative estimate of drug-likeness (QED) is 0.867. The highest BCUT2D eigenvalue weighted by atomic mass is 16.2. The van der Waals surface area contributed by atoms with Gasteiger partial charge < -0.3 is 20.4 Å². The molecule has 2 amide bonds. The second kappa shape index (κ2) is 5.71. The van der Waals surface area contributed by atoms with Gasteiger partial charge in [-0.2, -0.15) is 0 Å². The Balaban J connectivity index is 1.70. The second-order valence-electron chi connectivity index (χ2n) is 5.39. The van der Waals surface area contributed by atoms with E-state index in [0.29, 0.717) is 6.04 Å². The van der Waals surface area contributed by atoms with Crippen LogP contribution in [0.2, 0.25) is 0 Å². The fourth-order valence-corrected chi connectivity index (χ4v) is 3.13. The van der Waals surface area contributed by atoms with Gasteiger partial charge in [0.2, 0.25) is 0 Å². The molecule has 0 aliphatic carbocycles. The zero-order valence-electron chi connectivity index (χ0n) is 11.9. The number of rotatable bonds is 4. The summed E-state index contributed by atoms with van der Waals surface area (Å²) in [6.07, 6.45) is 1.11. The molecule has 0 bridgehead atoms. The molecular weight excluding hydrogens is 252 g/mol. The molecule has 2 heterocycles. The van der Waals surface area contributed by atoms with E-state index < -0.39 is 0 Å². The summed E-state index contributed by atoms with van der Waals surface area (Å²) >= 11 is 0. The van der Waals surface area contributed by atoms with Crippen LogP contribution in [-0.4, -0.2) is 50.7 Å². The molecule has 2 aliphatic rings. The average molecular weight is 274 g/mol. The lowest BCUT2D eigenvalue weighted by molar-refractivity contribution is 0.218. The lowest BCUT2D eigenvalue weighted by Gasteiger charge is -2.36. The van der Waals surface area contributed by atoms with Gasteiger partial charge >= 0.3 is 6.03 Å². The average Bonchev–Trinajstić information content (AvgIpc) is 2.90. The molecule has 0 radical (unpaired) electrons. The van der Waals surface area contributed by atoms with Crippen LogP contribution in [0, 0.1) is 0 Å². The highest BCUT2D eigenvalue weighted by Crippen LogP contribution is 2.33. The van der Waals surface area contributed by atoms with Crippen LogP contribution < -0.4 is 15.5 Å². The van der Waals surface area contributed by atoms with Gasteiger partial charge in [-0.05, 0) is 25.1 Å². The third-order valence-corrected chi connectivity index (χ3v) is 4.27. The first-order chi connectivity index (χ1) is 9.79. The molecule has 2 aliphatic heterocycles. The Labute approximate surface area is 119 Å². The zero-order valence-corrected chi connectivity index (χ0v) is 11.9. The van der Waals surface area contributed by atoms with Crippen LogP contribution in [0.1, 0.15) is 18.0 Å². The van der Waals surface area contributed by atoms with Crippen LogP contribution in [0.4, 0.5) is 10.5 Å². The SMILES string of the molecule is CNC1CCN(CCN2CCNC2=O)c2ccccc21. The van der Waals surface area contributed by atoms with Crippen LogP contribution in [-0.2, 0) is 0 Å². The van der Waals surface area contributed by atoms with E-state index in [2.05, 4.69) is 39.8 Å². The maximum absolute atomic E-state index is 11.6. The van der Waals surface area contributed by atoms with E-state index in [0.717, 1.165) is 39.1 Å². The number of nitrogens with zero attached hydrogens (tertiary/aromatic N) is 2. The standard InChI is InChI=1S/C15H22N4O/c1-16-13-6-8-18(14-5-3-2-4-12(13)14)10-11-19-9-7-17-15(19)20/h2-5,13,16H,6-11H2,1H3,(H,17,20). The van der Waals surface area contributed by atoms with E-state index in [1.54, 1.807) is 0 Å². The van der Waals surface area contributed by atoms with Crippen molar-refractivity contribution >= 4 is 11.7 Å². The number of amides is 2. The normalized spacial score (nSPS) is 21.9. The van der Waals surface area contributed by atoms with Gasteiger partial charge in [0.05, 0.1) is 0 Å². The molecule has 3 rings (SSSR count). The molecule has 2 N–H and O–H groups in total. The van der Waals surface area contributed by atoms with Crippen molar-refractivity contribution in [3.05, 3.63) is 29.8 Å². The summed E-state index contributed by atoms with van der Waals surface area (Å²) in [5.41, 5.74) is 2.67. The Morgan fingerprint density at radius 1 is 1.25 bits per heavy atom. The minimum atomic E-state index is 0.0726. The van der Waals surface area contributed by atoms with Crippen LogP contribution in [0.5, 0.6) is 0 Å². The summed E-state index contributed by atoms with van der Waals surface area (Å²) < 4.78 is 0. The van der Waals surface area contributed by atoms with Gasteiger partial charge in [0.25, 0.3) is 0 Å². The summed E-state index contributed by atoms with van der Waals surface area (Å²) in [4.78, 5) is 15.9. The topological polar surface area (TPSA) is 47.6 Å². The van der Waals surface area contributed by atoms with Gasteiger partial charge in [0.15, 0.2) is 0 Å². The summed E-state index contributed by atoms with van der Waals surface area (Å²) in [6.45, 7) is 4.34. The van der Waals surface area contributed by atoms with Crippen molar-refractivity contribution in [2.45, 2.75) is 12.5 Å². The number of nitrogens with one attached hydrogen (secondary N) is 2. The van der Waals surface area contributed by atoms with Crippen LogP contribution in [0.15, 0.2) is 24.3 Å². The second-order valence-corrected chi connectivity index (χ2v) is 5.39. The largest absolute Gasteiger partial charge is 0.369 e. The van der Waals surface area contributed by atoms with Crippen molar-refractivity contribution in [1.29, 1.82) is 0 Å². The highest BCUT2D eigenvalue weighted by Gasteiger charge is 2.25. The van der Waals surface area contributed by atoms with E-state index in [4.69, 9.17) is 0 Å². The minimum absolute atomic E-state index is 0.0726. The number of para-hydroxylation sites is 1. The first-order valence-corrected chi connectivity index (χ1v) is 7.33. The van der Waals surface area contributed by atoms with Gasteiger partial charge in [-0.3, -0.25) is 0 Å². The first kappa shape index (κ1) is 13.2. The van der Waals surface area contributed by atoms with Gasteiger partial charge in [0.1, 0.15) is 0 Å². The maximum Gasteiger partial charge on any atom is 0.317 e. The Kier molecular flexibility index (Phi) is 3.78. The predicted octanol–water partition coefficient (Wildman–Crippen LogP) is 1.18. The van der Waals surface area contributed by atoms with Gasteiger partial charge in [-0.1, -0.05) is 18.2 Å². The number of carbonyl (C=O) groups excluding carboxylic acids is 1.